The minimum atomic E-state index is -0.689. The van der Waals surface area contributed by atoms with Crippen LogP contribution in [0.25, 0.3) is 0 Å². The molecule has 4 atom stereocenters. The molecule has 2 unspecified atom stereocenters. The number of aliphatic carboxylic acids is 1. The molecule has 0 spiro atoms. The molecular weight excluding hydrogens is 398 g/mol. The van der Waals surface area contributed by atoms with Gasteiger partial charge >= 0.3 is 5.97 Å². The molecule has 0 bridgehead atoms. The van der Waals surface area contributed by atoms with Crippen molar-refractivity contribution in [1.29, 1.82) is 0 Å². The van der Waals surface area contributed by atoms with Crippen LogP contribution in [-0.2, 0) is 9.53 Å². The fraction of sp³-hybridized carbons (Fsp3) is 0.583. The fourth-order valence-electron chi connectivity index (χ4n) is 4.28. The summed E-state index contributed by atoms with van der Waals surface area (Å²) in [4.78, 5) is 15.8. The number of carboxylic acid groups (broad SMARTS) is 1. The predicted molar refractivity (Wildman–Crippen MR) is 120 cm³/mol. The van der Waals surface area contributed by atoms with Crippen LogP contribution in [0.2, 0.25) is 0 Å². The van der Waals surface area contributed by atoms with Crippen molar-refractivity contribution < 1.29 is 19.1 Å². The van der Waals surface area contributed by atoms with Crippen molar-refractivity contribution in [3.8, 4) is 0 Å². The lowest BCUT2D eigenvalue weighted by Crippen LogP contribution is -2.27. The van der Waals surface area contributed by atoms with Crippen LogP contribution < -0.4 is 0 Å². The largest absolute Gasteiger partial charge is 0.480 e. The molecule has 0 aliphatic heterocycles. The van der Waals surface area contributed by atoms with Gasteiger partial charge < -0.3 is 14.3 Å². The monoisotopic (exact) mass is 431 g/mol. The zero-order valence-electron chi connectivity index (χ0n) is 18.2. The van der Waals surface area contributed by atoms with Crippen molar-refractivity contribution in [2.75, 3.05) is 5.75 Å². The van der Waals surface area contributed by atoms with E-state index in [9.17, 15) is 9.90 Å². The molecule has 5 nitrogen and oxygen atoms in total. The number of carbonyl (C=O) groups is 1. The Balaban J connectivity index is 1.67. The molecule has 0 amide bonds. The van der Waals surface area contributed by atoms with Crippen LogP contribution in [0.15, 0.2) is 35.3 Å². The van der Waals surface area contributed by atoms with Gasteiger partial charge in [0, 0.05) is 0 Å². The average Bonchev–Trinajstić information content (AvgIpc) is 3.24. The van der Waals surface area contributed by atoms with Gasteiger partial charge in [0.05, 0.1) is 6.10 Å². The van der Waals surface area contributed by atoms with Gasteiger partial charge in [-0.05, 0) is 62.3 Å². The summed E-state index contributed by atoms with van der Waals surface area (Å²) in [6, 6.07) is 6.41. The van der Waals surface area contributed by atoms with Crippen LogP contribution in [0.3, 0.4) is 0 Å². The molecule has 1 aromatic carbocycles. The number of aryl methyl sites for hydroxylation is 2. The Hall–Kier alpha value is -1.79. The summed E-state index contributed by atoms with van der Waals surface area (Å²) in [6.45, 7) is 6.24. The minimum Gasteiger partial charge on any atom is -0.480 e. The Labute approximate surface area is 183 Å². The summed E-state index contributed by atoms with van der Waals surface area (Å²) in [5.41, 5.74) is 4.34. The summed E-state index contributed by atoms with van der Waals surface area (Å²) < 4.78 is 11.9. The van der Waals surface area contributed by atoms with E-state index in [0.717, 1.165) is 55.5 Å². The van der Waals surface area contributed by atoms with Crippen molar-refractivity contribution >= 4 is 17.7 Å². The second-order valence-electron chi connectivity index (χ2n) is 8.39. The molecular formula is C24H33NO4S. The van der Waals surface area contributed by atoms with Crippen LogP contribution in [0.1, 0.15) is 73.9 Å². The van der Waals surface area contributed by atoms with Gasteiger partial charge in [0.1, 0.15) is 23.3 Å². The van der Waals surface area contributed by atoms with Gasteiger partial charge in [-0.3, -0.25) is 4.79 Å². The fourth-order valence-corrected chi connectivity index (χ4v) is 5.63. The highest BCUT2D eigenvalue weighted by molar-refractivity contribution is 8.00. The summed E-state index contributed by atoms with van der Waals surface area (Å²) in [5, 5.41) is 9.12. The number of thioether (sulfide) groups is 1. The summed E-state index contributed by atoms with van der Waals surface area (Å²) in [5.74, 6) is 0.686. The Bertz CT molecular complexity index is 808. The normalized spacial score (nSPS) is 21.3. The van der Waals surface area contributed by atoms with Gasteiger partial charge in [0.2, 0.25) is 0 Å². The number of oxazole rings is 1. The Morgan fingerprint density at radius 1 is 1.37 bits per heavy atom. The molecule has 6 heteroatoms. The lowest BCUT2D eigenvalue weighted by molar-refractivity contribution is -0.136. The first-order chi connectivity index (χ1) is 14.5. The number of nitrogens with zero attached hydrogens (tertiary/aromatic N) is 1. The zero-order chi connectivity index (χ0) is 21.5. The Morgan fingerprint density at radius 2 is 2.20 bits per heavy atom. The predicted octanol–water partition coefficient (Wildman–Crippen LogP) is 5.94. The quantitative estimate of drug-likeness (QED) is 0.502. The molecule has 1 saturated carbocycles. The van der Waals surface area contributed by atoms with Gasteiger partial charge in [-0.2, -0.15) is 0 Å². The third-order valence-electron chi connectivity index (χ3n) is 5.85. The average molecular weight is 432 g/mol. The number of carboxylic acids is 1. The molecule has 2 aromatic rings. The third-order valence-corrected chi connectivity index (χ3v) is 7.35. The summed E-state index contributed by atoms with van der Waals surface area (Å²) >= 11 is 1.60. The number of hydrogen-bond donors (Lipinski definition) is 1. The molecule has 30 heavy (non-hydrogen) atoms. The topological polar surface area (TPSA) is 72.6 Å². The first-order valence-electron chi connectivity index (χ1n) is 10.9. The van der Waals surface area contributed by atoms with Crippen LogP contribution in [0, 0.1) is 19.8 Å². The first kappa shape index (κ1) is 22.9. The lowest BCUT2D eigenvalue weighted by atomic mass is 9.88. The van der Waals surface area contributed by atoms with E-state index in [1.807, 2.05) is 6.92 Å². The van der Waals surface area contributed by atoms with E-state index in [4.69, 9.17) is 9.15 Å². The molecule has 0 radical (unpaired) electrons. The van der Waals surface area contributed by atoms with E-state index in [0.29, 0.717) is 5.92 Å². The molecule has 1 fully saturated rings. The van der Waals surface area contributed by atoms with Crippen molar-refractivity contribution in [1.82, 2.24) is 4.98 Å². The molecule has 1 aliphatic rings. The van der Waals surface area contributed by atoms with Gasteiger partial charge in [0.25, 0.3) is 0 Å². The number of aromatic nitrogens is 1. The highest BCUT2D eigenvalue weighted by atomic mass is 32.2. The highest BCUT2D eigenvalue weighted by Gasteiger charge is 2.29. The number of ether oxygens (including phenoxy) is 1. The van der Waals surface area contributed by atoms with Crippen LogP contribution >= 0.6 is 11.8 Å². The van der Waals surface area contributed by atoms with Gasteiger partial charge in [0.15, 0.2) is 6.39 Å². The number of hydrogen-bond acceptors (Lipinski definition) is 5. The second kappa shape index (κ2) is 11.0. The highest BCUT2D eigenvalue weighted by Crippen LogP contribution is 2.36. The molecule has 1 N–H and O–H groups in total. The molecule has 164 valence electrons. The van der Waals surface area contributed by atoms with Crippen LogP contribution in [0.4, 0.5) is 0 Å². The standard InChI is InChI=1S/C24H33NO4S/c1-4-6-22(24(26)27)30-14-18-7-5-8-19(12-18)29-23(21-13-28-15-25-21)20-10-9-16(2)11-17(20)3/h9-11,13,15,18-19,22-23H,4-8,12,14H2,1-3H3,(H,26,27)/t18-,19+,22?,23?/m0/s1. The maximum atomic E-state index is 11.5. The number of rotatable bonds is 10. The molecule has 1 aliphatic carbocycles. The molecule has 0 saturated heterocycles. The van der Waals surface area contributed by atoms with Gasteiger partial charge in [-0.25, -0.2) is 4.98 Å². The van der Waals surface area contributed by atoms with Crippen LogP contribution in [-0.4, -0.2) is 33.2 Å². The SMILES string of the molecule is CCCC(SC[C@H]1CCC[C@@H](OC(c2cocn2)c2ccc(C)cc2C)C1)C(=O)O. The summed E-state index contributed by atoms with van der Waals surface area (Å²) in [7, 11) is 0. The first-order valence-corrected chi connectivity index (χ1v) is 12.0. The smallest absolute Gasteiger partial charge is 0.316 e. The zero-order valence-corrected chi connectivity index (χ0v) is 19.0. The lowest BCUT2D eigenvalue weighted by Gasteiger charge is -2.32. The van der Waals surface area contributed by atoms with Gasteiger partial charge in [-0.15, -0.1) is 11.8 Å². The van der Waals surface area contributed by atoms with Gasteiger partial charge in [-0.1, -0.05) is 43.5 Å². The molecule has 1 aromatic heterocycles. The molecule has 1 heterocycles. The van der Waals surface area contributed by atoms with E-state index < -0.39 is 5.97 Å². The van der Waals surface area contributed by atoms with E-state index >= 15 is 0 Å². The third kappa shape index (κ3) is 6.11. The van der Waals surface area contributed by atoms with Crippen molar-refractivity contribution in [2.45, 2.75) is 76.8 Å². The molecule has 3 rings (SSSR count). The second-order valence-corrected chi connectivity index (χ2v) is 9.63. The summed E-state index contributed by atoms with van der Waals surface area (Å²) in [6.07, 6.45) is 8.89. The van der Waals surface area contributed by atoms with Crippen molar-refractivity contribution in [3.05, 3.63) is 53.2 Å². The maximum Gasteiger partial charge on any atom is 0.316 e. The van der Waals surface area contributed by atoms with Crippen molar-refractivity contribution in [3.63, 3.8) is 0 Å². The van der Waals surface area contributed by atoms with Crippen LogP contribution in [0.5, 0.6) is 0 Å². The van der Waals surface area contributed by atoms with E-state index in [2.05, 4.69) is 37.0 Å². The minimum absolute atomic E-state index is 0.140. The van der Waals surface area contributed by atoms with E-state index in [1.165, 1.54) is 17.5 Å². The number of benzene rings is 1. The van der Waals surface area contributed by atoms with E-state index in [1.54, 1.807) is 18.0 Å². The maximum absolute atomic E-state index is 11.5. The van der Waals surface area contributed by atoms with Crippen molar-refractivity contribution in [2.24, 2.45) is 5.92 Å². The Kier molecular flexibility index (Phi) is 8.40. The Morgan fingerprint density at radius 3 is 2.87 bits per heavy atom. The van der Waals surface area contributed by atoms with E-state index in [-0.39, 0.29) is 17.5 Å².